The van der Waals surface area contributed by atoms with Gasteiger partial charge < -0.3 is 4.42 Å². The summed E-state index contributed by atoms with van der Waals surface area (Å²) >= 11 is 0. The average Bonchev–Trinajstić information content (AvgIpc) is 3.38. The summed E-state index contributed by atoms with van der Waals surface area (Å²) in [7, 11) is 0. The summed E-state index contributed by atoms with van der Waals surface area (Å²) < 4.78 is 6.63. The molecular formula is C37H23NO. The minimum atomic E-state index is 0.921. The van der Waals surface area contributed by atoms with Crippen molar-refractivity contribution in [3.05, 3.63) is 140 Å². The molecule has 0 saturated carbocycles. The van der Waals surface area contributed by atoms with E-state index in [9.17, 15) is 0 Å². The van der Waals surface area contributed by atoms with Crippen molar-refractivity contribution < 1.29 is 4.42 Å². The first kappa shape index (κ1) is 21.8. The number of nitrogens with zero attached hydrogens (tertiary/aromatic N) is 1. The lowest BCUT2D eigenvalue weighted by atomic mass is 9.94. The van der Waals surface area contributed by atoms with Crippen LogP contribution < -0.4 is 0 Å². The molecule has 0 radical (unpaired) electrons. The highest BCUT2D eigenvalue weighted by Gasteiger charge is 2.17. The van der Waals surface area contributed by atoms with Crippen LogP contribution in [0.5, 0.6) is 0 Å². The largest absolute Gasteiger partial charge is 0.455 e. The zero-order valence-electron chi connectivity index (χ0n) is 21.1. The molecule has 2 nitrogen and oxygen atoms in total. The molecule has 6 aromatic carbocycles. The van der Waals surface area contributed by atoms with Crippen LogP contribution in [0.4, 0.5) is 0 Å². The quantitative estimate of drug-likeness (QED) is 0.243. The molecule has 0 aliphatic heterocycles. The maximum atomic E-state index is 6.63. The Morgan fingerprint density at radius 2 is 1.15 bits per heavy atom. The van der Waals surface area contributed by atoms with Crippen molar-refractivity contribution in [3.8, 4) is 33.4 Å². The van der Waals surface area contributed by atoms with E-state index in [1.807, 2.05) is 12.3 Å². The Balaban J connectivity index is 1.30. The second-order valence-electron chi connectivity index (χ2n) is 10.0. The number of hydrogen-bond acceptors (Lipinski definition) is 2. The lowest BCUT2D eigenvalue weighted by Gasteiger charge is -2.09. The van der Waals surface area contributed by atoms with Gasteiger partial charge in [0.05, 0.1) is 0 Å². The molecule has 0 aliphatic rings. The molecule has 2 heteroatoms. The van der Waals surface area contributed by atoms with E-state index in [1.54, 1.807) is 6.20 Å². The molecule has 0 bridgehead atoms. The van der Waals surface area contributed by atoms with Gasteiger partial charge in [-0.3, -0.25) is 4.98 Å². The first-order valence-electron chi connectivity index (χ1n) is 13.2. The van der Waals surface area contributed by atoms with Gasteiger partial charge in [0.2, 0.25) is 0 Å². The molecule has 8 aromatic rings. The molecule has 0 aliphatic carbocycles. The zero-order valence-corrected chi connectivity index (χ0v) is 21.1. The van der Waals surface area contributed by atoms with Gasteiger partial charge in [0.25, 0.3) is 0 Å². The second kappa shape index (κ2) is 8.68. The summed E-state index contributed by atoms with van der Waals surface area (Å²) in [6, 6.07) is 45.3. The average molecular weight is 498 g/mol. The van der Waals surface area contributed by atoms with Crippen LogP contribution in [-0.4, -0.2) is 4.98 Å². The standard InChI is InChI=1S/C37H23NO/c1-2-8-29-22-35-34(20-28(29)7-1)36-32-13-4-3-9-30(32)21-33(37(36)39-35)25-16-14-24(15-17-25)26-10-5-11-27(19-26)31-12-6-18-38-23-31/h1-23H. The van der Waals surface area contributed by atoms with E-state index >= 15 is 0 Å². The van der Waals surface area contributed by atoms with Crippen LogP contribution in [0.2, 0.25) is 0 Å². The highest BCUT2D eigenvalue weighted by Crippen LogP contribution is 2.42. The summed E-state index contributed by atoms with van der Waals surface area (Å²) in [6.07, 6.45) is 3.71. The number of aromatic nitrogens is 1. The van der Waals surface area contributed by atoms with Crippen LogP contribution in [0.1, 0.15) is 0 Å². The lowest BCUT2D eigenvalue weighted by Crippen LogP contribution is -1.85. The van der Waals surface area contributed by atoms with E-state index in [-0.39, 0.29) is 0 Å². The second-order valence-corrected chi connectivity index (χ2v) is 10.0. The molecule has 39 heavy (non-hydrogen) atoms. The molecule has 182 valence electrons. The minimum Gasteiger partial charge on any atom is -0.455 e. The molecular weight excluding hydrogens is 474 g/mol. The number of fused-ring (bicyclic) bond motifs is 6. The topological polar surface area (TPSA) is 26.0 Å². The molecule has 0 atom stereocenters. The number of hydrogen-bond donors (Lipinski definition) is 0. The van der Waals surface area contributed by atoms with Crippen LogP contribution in [0, 0.1) is 0 Å². The summed E-state index contributed by atoms with van der Waals surface area (Å²) in [5.74, 6) is 0. The Bertz CT molecular complexity index is 2160. The predicted molar refractivity (Wildman–Crippen MR) is 163 cm³/mol. The Kier molecular flexibility index (Phi) is 4.86. The van der Waals surface area contributed by atoms with Crippen molar-refractivity contribution in [2.45, 2.75) is 0 Å². The van der Waals surface area contributed by atoms with Crippen LogP contribution >= 0.6 is 0 Å². The van der Waals surface area contributed by atoms with Gasteiger partial charge in [0.15, 0.2) is 0 Å². The summed E-state index contributed by atoms with van der Waals surface area (Å²) in [4.78, 5) is 4.28. The van der Waals surface area contributed by atoms with Gasteiger partial charge in [-0.05, 0) is 74.1 Å². The third-order valence-electron chi connectivity index (χ3n) is 7.72. The Morgan fingerprint density at radius 3 is 1.95 bits per heavy atom. The third-order valence-corrected chi connectivity index (χ3v) is 7.72. The van der Waals surface area contributed by atoms with Crippen molar-refractivity contribution >= 4 is 43.5 Å². The van der Waals surface area contributed by atoms with Crippen LogP contribution in [-0.2, 0) is 0 Å². The van der Waals surface area contributed by atoms with Crippen molar-refractivity contribution in [2.75, 3.05) is 0 Å². The van der Waals surface area contributed by atoms with Gasteiger partial charge in [-0.1, -0.05) is 97.1 Å². The number of rotatable bonds is 3. The molecule has 0 spiro atoms. The fourth-order valence-electron chi connectivity index (χ4n) is 5.78. The molecule has 2 aromatic heterocycles. The normalized spacial score (nSPS) is 11.6. The number of pyridine rings is 1. The smallest absolute Gasteiger partial charge is 0.143 e. The van der Waals surface area contributed by atoms with Crippen molar-refractivity contribution in [1.29, 1.82) is 0 Å². The Hall–Kier alpha value is -5.21. The van der Waals surface area contributed by atoms with E-state index < -0.39 is 0 Å². The molecule has 0 fully saturated rings. The Morgan fingerprint density at radius 1 is 0.462 bits per heavy atom. The van der Waals surface area contributed by atoms with E-state index in [2.05, 4.69) is 126 Å². The highest BCUT2D eigenvalue weighted by molar-refractivity contribution is 6.24. The zero-order chi connectivity index (χ0) is 25.8. The maximum Gasteiger partial charge on any atom is 0.143 e. The van der Waals surface area contributed by atoms with Crippen molar-refractivity contribution in [2.24, 2.45) is 0 Å². The lowest BCUT2D eigenvalue weighted by molar-refractivity contribution is 0.671. The summed E-state index contributed by atoms with van der Waals surface area (Å²) in [5, 5.41) is 7.17. The number of furan rings is 1. The van der Waals surface area contributed by atoms with Gasteiger partial charge in [0, 0.05) is 34.3 Å². The fraction of sp³-hybridized carbons (Fsp3) is 0. The SMILES string of the molecule is c1cncc(-c2cccc(-c3ccc(-c4cc5ccccc5c5c4oc4cc6ccccc6cc45)cc3)c2)c1. The first-order valence-corrected chi connectivity index (χ1v) is 13.2. The van der Waals surface area contributed by atoms with Gasteiger partial charge in [-0.2, -0.15) is 0 Å². The number of benzene rings is 6. The first-order chi connectivity index (χ1) is 19.3. The molecule has 0 N–H and O–H groups in total. The predicted octanol–water partition coefficient (Wildman–Crippen LogP) is 10.3. The molecule has 0 saturated heterocycles. The molecule has 2 heterocycles. The Labute approximate surface area is 225 Å². The molecule has 0 unspecified atom stereocenters. The fourth-order valence-corrected chi connectivity index (χ4v) is 5.78. The maximum absolute atomic E-state index is 6.63. The minimum absolute atomic E-state index is 0.921. The van der Waals surface area contributed by atoms with E-state index in [0.29, 0.717) is 0 Å². The summed E-state index contributed by atoms with van der Waals surface area (Å²) in [5.41, 5.74) is 8.75. The van der Waals surface area contributed by atoms with Crippen molar-refractivity contribution in [3.63, 3.8) is 0 Å². The molecule has 8 rings (SSSR count). The van der Waals surface area contributed by atoms with E-state index in [4.69, 9.17) is 4.42 Å². The van der Waals surface area contributed by atoms with Crippen LogP contribution in [0.25, 0.3) is 76.9 Å². The highest BCUT2D eigenvalue weighted by atomic mass is 16.3. The van der Waals surface area contributed by atoms with Gasteiger partial charge in [-0.15, -0.1) is 0 Å². The van der Waals surface area contributed by atoms with E-state index in [0.717, 1.165) is 38.8 Å². The summed E-state index contributed by atoms with van der Waals surface area (Å²) in [6.45, 7) is 0. The monoisotopic (exact) mass is 497 g/mol. The van der Waals surface area contributed by atoms with Crippen molar-refractivity contribution in [1.82, 2.24) is 4.98 Å². The molecule has 0 amide bonds. The van der Waals surface area contributed by atoms with Gasteiger partial charge >= 0.3 is 0 Å². The van der Waals surface area contributed by atoms with Crippen LogP contribution in [0.3, 0.4) is 0 Å². The van der Waals surface area contributed by atoms with Gasteiger partial charge in [-0.25, -0.2) is 0 Å². The van der Waals surface area contributed by atoms with Gasteiger partial charge in [0.1, 0.15) is 11.2 Å². The van der Waals surface area contributed by atoms with E-state index in [1.165, 1.54) is 38.1 Å². The van der Waals surface area contributed by atoms with Crippen LogP contribution in [0.15, 0.2) is 144 Å². The third kappa shape index (κ3) is 3.61.